The molecule has 0 amide bonds. The van der Waals surface area contributed by atoms with Gasteiger partial charge in [0, 0.05) is 17.1 Å². The molecule has 0 heterocycles. The van der Waals surface area contributed by atoms with E-state index < -0.39 is 0 Å². The second kappa shape index (κ2) is 8.67. The lowest BCUT2D eigenvalue weighted by atomic mass is 9.99. The summed E-state index contributed by atoms with van der Waals surface area (Å²) < 4.78 is 19.7. The average molecular weight is 332 g/mol. The zero-order chi connectivity index (χ0) is 14.3. The quantitative estimate of drug-likeness (QED) is 0.779. The molecule has 0 aliphatic rings. The summed E-state index contributed by atoms with van der Waals surface area (Å²) in [6.07, 6.45) is 1.97. The van der Waals surface area contributed by atoms with E-state index >= 15 is 0 Å². The Hall–Kier alpha value is -0.450. The van der Waals surface area contributed by atoms with Crippen molar-refractivity contribution in [2.45, 2.75) is 45.8 Å². The van der Waals surface area contributed by atoms with E-state index in [4.69, 9.17) is 4.74 Å². The van der Waals surface area contributed by atoms with Crippen molar-refractivity contribution in [3.05, 3.63) is 34.1 Å². The average Bonchev–Trinajstić information content (AvgIpc) is 2.38. The molecule has 1 rings (SSSR count). The van der Waals surface area contributed by atoms with Crippen molar-refractivity contribution in [1.82, 2.24) is 5.32 Å². The molecule has 0 radical (unpaired) electrons. The molecule has 0 aliphatic carbocycles. The van der Waals surface area contributed by atoms with E-state index in [1.54, 1.807) is 0 Å². The van der Waals surface area contributed by atoms with Gasteiger partial charge < -0.3 is 10.1 Å². The fourth-order valence-corrected chi connectivity index (χ4v) is 2.77. The Kier molecular flexibility index (Phi) is 7.57. The van der Waals surface area contributed by atoms with Crippen molar-refractivity contribution >= 4 is 15.9 Å². The van der Waals surface area contributed by atoms with Crippen LogP contribution < -0.4 is 5.32 Å². The largest absolute Gasteiger partial charge is 0.377 e. The lowest BCUT2D eigenvalue weighted by Gasteiger charge is -2.27. The number of hydrogen-bond acceptors (Lipinski definition) is 2. The standard InChI is InChI=1S/C15H23BrFNO/c1-4-15(19-6-3)14(18-5-2)9-11-7-8-12(17)10-13(11)16/h7-8,10,14-15,18H,4-6,9H2,1-3H3. The SMILES string of the molecule is CCNC(Cc1ccc(F)cc1Br)C(CC)OCC. The zero-order valence-electron chi connectivity index (χ0n) is 11.9. The number of ether oxygens (including phenoxy) is 1. The molecular weight excluding hydrogens is 309 g/mol. The van der Waals surface area contributed by atoms with Crippen molar-refractivity contribution in [2.75, 3.05) is 13.2 Å². The summed E-state index contributed by atoms with van der Waals surface area (Å²) in [7, 11) is 0. The van der Waals surface area contributed by atoms with Gasteiger partial charge >= 0.3 is 0 Å². The van der Waals surface area contributed by atoms with Gasteiger partial charge in [0.15, 0.2) is 0 Å². The molecule has 0 fully saturated rings. The molecule has 4 heteroatoms. The highest BCUT2D eigenvalue weighted by Crippen LogP contribution is 2.21. The van der Waals surface area contributed by atoms with Crippen LogP contribution in [-0.2, 0) is 11.2 Å². The maximum absolute atomic E-state index is 13.1. The maximum Gasteiger partial charge on any atom is 0.124 e. The fourth-order valence-electron chi connectivity index (χ4n) is 2.25. The van der Waals surface area contributed by atoms with Gasteiger partial charge in [-0.1, -0.05) is 35.8 Å². The van der Waals surface area contributed by atoms with E-state index in [0.29, 0.717) is 6.61 Å². The Morgan fingerprint density at radius 1 is 1.32 bits per heavy atom. The van der Waals surface area contributed by atoms with Crippen LogP contribution in [0.25, 0.3) is 0 Å². The topological polar surface area (TPSA) is 21.3 Å². The first-order valence-corrected chi connectivity index (χ1v) is 7.70. The number of nitrogens with one attached hydrogen (secondary N) is 1. The molecule has 0 spiro atoms. The van der Waals surface area contributed by atoms with Crippen molar-refractivity contribution in [2.24, 2.45) is 0 Å². The highest BCUT2D eigenvalue weighted by molar-refractivity contribution is 9.10. The van der Waals surface area contributed by atoms with Crippen LogP contribution in [0, 0.1) is 5.82 Å². The summed E-state index contributed by atoms with van der Waals surface area (Å²) in [5.74, 6) is -0.215. The minimum Gasteiger partial charge on any atom is -0.377 e. The van der Waals surface area contributed by atoms with E-state index in [1.807, 2.05) is 13.0 Å². The van der Waals surface area contributed by atoms with Crippen LogP contribution in [0.15, 0.2) is 22.7 Å². The summed E-state index contributed by atoms with van der Waals surface area (Å²) in [5.41, 5.74) is 1.10. The lowest BCUT2D eigenvalue weighted by molar-refractivity contribution is 0.0323. The Morgan fingerprint density at radius 3 is 2.58 bits per heavy atom. The first kappa shape index (κ1) is 16.6. The lowest BCUT2D eigenvalue weighted by Crippen LogP contribution is -2.42. The summed E-state index contributed by atoms with van der Waals surface area (Å²) in [5, 5.41) is 3.47. The fraction of sp³-hybridized carbons (Fsp3) is 0.600. The van der Waals surface area contributed by atoms with E-state index in [9.17, 15) is 4.39 Å². The van der Waals surface area contributed by atoms with E-state index in [2.05, 4.69) is 35.1 Å². The summed E-state index contributed by atoms with van der Waals surface area (Å²) in [4.78, 5) is 0. The normalized spacial score (nSPS) is 14.4. The molecule has 0 saturated heterocycles. The zero-order valence-corrected chi connectivity index (χ0v) is 13.5. The number of likely N-dealkylation sites (N-methyl/N-ethyl adjacent to an activating group) is 1. The van der Waals surface area contributed by atoms with Crippen LogP contribution in [-0.4, -0.2) is 25.3 Å². The van der Waals surface area contributed by atoms with Crippen LogP contribution in [0.1, 0.15) is 32.8 Å². The summed E-state index contributed by atoms with van der Waals surface area (Å²) >= 11 is 3.43. The van der Waals surface area contributed by atoms with Crippen LogP contribution in [0.3, 0.4) is 0 Å². The van der Waals surface area contributed by atoms with Gasteiger partial charge in [-0.15, -0.1) is 0 Å². The van der Waals surface area contributed by atoms with E-state index in [-0.39, 0.29) is 18.0 Å². The first-order chi connectivity index (χ1) is 9.12. The molecule has 0 bridgehead atoms. The Morgan fingerprint density at radius 2 is 2.05 bits per heavy atom. The minimum absolute atomic E-state index is 0.182. The number of halogens is 2. The molecule has 0 aromatic heterocycles. The molecule has 1 aromatic rings. The van der Waals surface area contributed by atoms with Gasteiger partial charge in [-0.2, -0.15) is 0 Å². The first-order valence-electron chi connectivity index (χ1n) is 6.91. The van der Waals surface area contributed by atoms with E-state index in [1.165, 1.54) is 12.1 Å². The second-order valence-corrected chi connectivity index (χ2v) is 5.36. The van der Waals surface area contributed by atoms with Gasteiger partial charge in [0.1, 0.15) is 5.82 Å². The Balaban J connectivity index is 2.81. The van der Waals surface area contributed by atoms with Gasteiger partial charge in [0.05, 0.1) is 6.10 Å². The minimum atomic E-state index is -0.215. The predicted molar refractivity (Wildman–Crippen MR) is 81.0 cm³/mol. The van der Waals surface area contributed by atoms with Crippen molar-refractivity contribution in [3.8, 4) is 0 Å². The van der Waals surface area contributed by atoms with Crippen LogP contribution >= 0.6 is 15.9 Å². The van der Waals surface area contributed by atoms with Crippen molar-refractivity contribution in [1.29, 1.82) is 0 Å². The third kappa shape index (κ3) is 5.21. The Bertz CT molecular complexity index is 386. The molecule has 1 N–H and O–H groups in total. The van der Waals surface area contributed by atoms with Gasteiger partial charge in [0.2, 0.25) is 0 Å². The monoisotopic (exact) mass is 331 g/mol. The summed E-state index contributed by atoms with van der Waals surface area (Å²) in [6.45, 7) is 7.84. The van der Waals surface area contributed by atoms with Gasteiger partial charge in [0.25, 0.3) is 0 Å². The third-order valence-electron chi connectivity index (χ3n) is 3.15. The molecule has 2 nitrogen and oxygen atoms in total. The van der Waals surface area contributed by atoms with Gasteiger partial charge in [-0.05, 0) is 44.0 Å². The van der Waals surface area contributed by atoms with Crippen LogP contribution in [0.4, 0.5) is 4.39 Å². The van der Waals surface area contributed by atoms with E-state index in [0.717, 1.165) is 29.4 Å². The van der Waals surface area contributed by atoms with Crippen LogP contribution in [0.2, 0.25) is 0 Å². The van der Waals surface area contributed by atoms with Gasteiger partial charge in [-0.3, -0.25) is 0 Å². The number of benzene rings is 1. The highest BCUT2D eigenvalue weighted by atomic mass is 79.9. The molecule has 2 unspecified atom stereocenters. The molecule has 19 heavy (non-hydrogen) atoms. The summed E-state index contributed by atoms with van der Waals surface area (Å²) in [6, 6.07) is 5.10. The van der Waals surface area contributed by atoms with Crippen molar-refractivity contribution < 1.29 is 9.13 Å². The molecule has 0 aliphatic heterocycles. The van der Waals surface area contributed by atoms with Crippen LogP contribution in [0.5, 0.6) is 0 Å². The smallest absolute Gasteiger partial charge is 0.124 e. The molecule has 1 aromatic carbocycles. The number of rotatable bonds is 8. The molecule has 2 atom stereocenters. The third-order valence-corrected chi connectivity index (χ3v) is 3.89. The number of hydrogen-bond donors (Lipinski definition) is 1. The molecule has 0 saturated carbocycles. The Labute approximate surface area is 123 Å². The molecule has 108 valence electrons. The van der Waals surface area contributed by atoms with Gasteiger partial charge in [-0.25, -0.2) is 4.39 Å². The second-order valence-electron chi connectivity index (χ2n) is 4.51. The van der Waals surface area contributed by atoms with Crippen molar-refractivity contribution in [3.63, 3.8) is 0 Å². The predicted octanol–water partition coefficient (Wildman–Crippen LogP) is 3.92. The maximum atomic E-state index is 13.1. The molecular formula is C15H23BrFNO. The highest BCUT2D eigenvalue weighted by Gasteiger charge is 2.20.